The minimum atomic E-state index is -0.440. The largest absolute Gasteiger partial charge is 0.497 e. The van der Waals surface area contributed by atoms with Gasteiger partial charge >= 0.3 is 11.9 Å². The molecule has 28 heavy (non-hydrogen) atoms. The molecule has 0 radical (unpaired) electrons. The fraction of sp³-hybridized carbons (Fsp3) is 0.304. The topological polar surface area (TPSA) is 61.8 Å². The molecule has 2 atom stereocenters. The van der Waals surface area contributed by atoms with Crippen molar-refractivity contribution in [2.45, 2.75) is 32.8 Å². The highest BCUT2D eigenvalue weighted by Crippen LogP contribution is 2.49. The number of aryl methyl sites for hydroxylation is 1. The van der Waals surface area contributed by atoms with E-state index in [1.165, 1.54) is 5.56 Å². The first-order valence-corrected chi connectivity index (χ1v) is 9.29. The zero-order valence-electron chi connectivity index (χ0n) is 16.2. The van der Waals surface area contributed by atoms with Gasteiger partial charge in [-0.15, -0.1) is 0 Å². The lowest BCUT2D eigenvalue weighted by atomic mass is 9.76. The second-order valence-corrected chi connectivity index (χ2v) is 7.32. The minimum absolute atomic E-state index is 0.00867. The molecule has 5 nitrogen and oxygen atoms in total. The molecule has 0 N–H and O–H groups in total. The van der Waals surface area contributed by atoms with Crippen molar-refractivity contribution >= 4 is 11.9 Å². The van der Waals surface area contributed by atoms with E-state index < -0.39 is 5.97 Å². The molecule has 1 aliphatic carbocycles. The predicted octanol–water partition coefficient (Wildman–Crippen LogP) is 4.25. The van der Waals surface area contributed by atoms with Crippen molar-refractivity contribution in [3.63, 3.8) is 0 Å². The minimum Gasteiger partial charge on any atom is -0.497 e. The van der Waals surface area contributed by atoms with Crippen LogP contribution in [-0.2, 0) is 16.0 Å². The summed E-state index contributed by atoms with van der Waals surface area (Å²) in [6.07, 6.45) is 1.35. The molecule has 1 fully saturated rings. The number of ether oxygens (including phenoxy) is 3. The highest BCUT2D eigenvalue weighted by atomic mass is 16.6. The number of hydrogen-bond acceptors (Lipinski definition) is 5. The molecular weight excluding hydrogens is 356 g/mol. The molecule has 2 aromatic rings. The van der Waals surface area contributed by atoms with E-state index in [-0.39, 0.29) is 18.0 Å². The van der Waals surface area contributed by atoms with Crippen molar-refractivity contribution in [2.75, 3.05) is 7.11 Å². The molecule has 0 unspecified atom stereocenters. The number of fused-ring (bicyclic) bond motifs is 3. The highest BCUT2D eigenvalue weighted by Gasteiger charge is 2.44. The average Bonchev–Trinajstić information content (AvgIpc) is 2.99. The van der Waals surface area contributed by atoms with Gasteiger partial charge in [-0.3, -0.25) is 0 Å². The molecule has 1 aliphatic heterocycles. The molecule has 0 spiro atoms. The standard InChI is InChI=1S/C23H22O5/c1-12-11-19(27-23(25)15-5-7-16(26-4)8-6-15)14(3)20-17(12)9-10-18-13(2)22(24)28-21(18)20/h5-8,11,18,21H,2,9-10H2,1,3-4H3/t18-,21+/m0/s1. The van der Waals surface area contributed by atoms with Crippen LogP contribution >= 0.6 is 0 Å². The van der Waals surface area contributed by atoms with Gasteiger partial charge in [-0.05, 0) is 73.7 Å². The second-order valence-electron chi connectivity index (χ2n) is 7.32. The summed E-state index contributed by atoms with van der Waals surface area (Å²) in [5, 5.41) is 0. The molecular formula is C23H22O5. The van der Waals surface area contributed by atoms with Crippen molar-refractivity contribution in [1.29, 1.82) is 0 Å². The van der Waals surface area contributed by atoms with Crippen molar-refractivity contribution in [3.05, 3.63) is 70.3 Å². The average molecular weight is 378 g/mol. The van der Waals surface area contributed by atoms with E-state index >= 15 is 0 Å². The van der Waals surface area contributed by atoms with Crippen LogP contribution in [0.5, 0.6) is 11.5 Å². The molecule has 1 saturated heterocycles. The van der Waals surface area contributed by atoms with Crippen molar-refractivity contribution in [2.24, 2.45) is 5.92 Å². The van der Waals surface area contributed by atoms with Gasteiger partial charge in [0, 0.05) is 17.1 Å². The van der Waals surface area contributed by atoms with Crippen LogP contribution in [0, 0.1) is 19.8 Å². The zero-order chi connectivity index (χ0) is 20.0. The van der Waals surface area contributed by atoms with E-state index in [1.807, 2.05) is 19.9 Å². The van der Waals surface area contributed by atoms with Gasteiger partial charge in [0.1, 0.15) is 17.6 Å². The summed E-state index contributed by atoms with van der Waals surface area (Å²) in [7, 11) is 1.57. The molecule has 0 bridgehead atoms. The van der Waals surface area contributed by atoms with Crippen molar-refractivity contribution in [1.82, 2.24) is 0 Å². The molecule has 2 aromatic carbocycles. The lowest BCUT2D eigenvalue weighted by Gasteiger charge is -2.30. The fourth-order valence-electron chi connectivity index (χ4n) is 4.17. The molecule has 2 aliphatic rings. The van der Waals surface area contributed by atoms with Crippen LogP contribution < -0.4 is 9.47 Å². The van der Waals surface area contributed by atoms with E-state index in [0.717, 1.165) is 29.5 Å². The first-order chi connectivity index (χ1) is 13.4. The third-order valence-corrected chi connectivity index (χ3v) is 5.75. The van der Waals surface area contributed by atoms with Gasteiger partial charge in [-0.1, -0.05) is 6.58 Å². The van der Waals surface area contributed by atoms with Gasteiger partial charge in [0.15, 0.2) is 0 Å². The van der Waals surface area contributed by atoms with E-state index in [9.17, 15) is 9.59 Å². The Hall–Kier alpha value is -3.08. The van der Waals surface area contributed by atoms with E-state index in [4.69, 9.17) is 14.2 Å². The normalized spacial score (nSPS) is 20.2. The maximum Gasteiger partial charge on any atom is 0.343 e. The van der Waals surface area contributed by atoms with Crippen LogP contribution in [0.1, 0.15) is 45.1 Å². The Labute approximate surface area is 163 Å². The van der Waals surface area contributed by atoms with Gasteiger partial charge in [0.25, 0.3) is 0 Å². The quantitative estimate of drug-likeness (QED) is 0.454. The molecule has 0 amide bonds. The van der Waals surface area contributed by atoms with Gasteiger partial charge < -0.3 is 14.2 Å². The van der Waals surface area contributed by atoms with Gasteiger partial charge in [-0.2, -0.15) is 0 Å². The molecule has 4 rings (SSSR count). The van der Waals surface area contributed by atoms with E-state index in [1.54, 1.807) is 31.4 Å². The smallest absolute Gasteiger partial charge is 0.343 e. The fourth-order valence-corrected chi connectivity index (χ4v) is 4.17. The SMILES string of the molecule is C=C1C(=O)O[C@H]2c3c(C)c(OC(=O)c4ccc(OC)cc4)cc(C)c3CC[C@@H]12. The Morgan fingerprint density at radius 2 is 1.93 bits per heavy atom. The molecule has 0 saturated carbocycles. The number of benzene rings is 2. The van der Waals surface area contributed by atoms with Gasteiger partial charge in [0.2, 0.25) is 0 Å². The molecule has 144 valence electrons. The monoisotopic (exact) mass is 378 g/mol. The Morgan fingerprint density at radius 1 is 1.21 bits per heavy atom. The number of methoxy groups -OCH3 is 1. The Balaban J connectivity index is 1.69. The number of hydrogen-bond donors (Lipinski definition) is 0. The van der Waals surface area contributed by atoms with Crippen LogP contribution in [0.25, 0.3) is 0 Å². The second kappa shape index (κ2) is 6.82. The van der Waals surface area contributed by atoms with Crippen LogP contribution in [0.4, 0.5) is 0 Å². The van der Waals surface area contributed by atoms with Crippen molar-refractivity contribution < 1.29 is 23.8 Å². The van der Waals surface area contributed by atoms with Crippen molar-refractivity contribution in [3.8, 4) is 11.5 Å². The number of carbonyl (C=O) groups is 2. The Kier molecular flexibility index (Phi) is 4.46. The summed E-state index contributed by atoms with van der Waals surface area (Å²) in [5.74, 6) is 0.384. The van der Waals surface area contributed by atoms with Crippen LogP contribution in [0.3, 0.4) is 0 Å². The summed E-state index contributed by atoms with van der Waals surface area (Å²) >= 11 is 0. The van der Waals surface area contributed by atoms with Crippen LogP contribution in [-0.4, -0.2) is 19.0 Å². The van der Waals surface area contributed by atoms with Crippen LogP contribution in [0.15, 0.2) is 42.5 Å². The third kappa shape index (κ3) is 2.87. The molecule has 0 aromatic heterocycles. The summed E-state index contributed by atoms with van der Waals surface area (Å²) < 4.78 is 16.4. The summed E-state index contributed by atoms with van der Waals surface area (Å²) in [4.78, 5) is 24.6. The third-order valence-electron chi connectivity index (χ3n) is 5.75. The van der Waals surface area contributed by atoms with E-state index in [0.29, 0.717) is 22.6 Å². The zero-order valence-corrected chi connectivity index (χ0v) is 16.2. The Morgan fingerprint density at radius 3 is 2.61 bits per heavy atom. The first-order valence-electron chi connectivity index (χ1n) is 9.29. The lowest BCUT2D eigenvalue weighted by molar-refractivity contribution is -0.139. The van der Waals surface area contributed by atoms with Gasteiger partial charge in [-0.25, -0.2) is 9.59 Å². The maximum absolute atomic E-state index is 12.6. The number of esters is 2. The summed E-state index contributed by atoms with van der Waals surface area (Å²) in [6.45, 7) is 7.80. The highest BCUT2D eigenvalue weighted by molar-refractivity contribution is 5.92. The molecule has 5 heteroatoms. The van der Waals surface area contributed by atoms with Gasteiger partial charge in [0.05, 0.1) is 12.7 Å². The van der Waals surface area contributed by atoms with Crippen LogP contribution in [0.2, 0.25) is 0 Å². The summed E-state index contributed by atoms with van der Waals surface area (Å²) in [6, 6.07) is 8.66. The lowest BCUT2D eigenvalue weighted by Crippen LogP contribution is -2.21. The maximum atomic E-state index is 12.6. The summed E-state index contributed by atoms with van der Waals surface area (Å²) in [5.41, 5.74) is 4.97. The van der Waals surface area contributed by atoms with E-state index in [2.05, 4.69) is 6.58 Å². The predicted molar refractivity (Wildman–Crippen MR) is 104 cm³/mol. The molecule has 1 heterocycles. The number of carbonyl (C=O) groups excluding carboxylic acids is 2. The Bertz CT molecular complexity index is 987. The first kappa shape index (κ1) is 18.3. The number of rotatable bonds is 3.